The number of imidazole rings is 1. The van der Waals surface area contributed by atoms with Crippen molar-refractivity contribution in [2.75, 3.05) is 11.9 Å². The second kappa shape index (κ2) is 4.06. The molecule has 0 spiro atoms. The maximum Gasteiger partial charge on any atom is 0.204 e. The van der Waals surface area contributed by atoms with E-state index in [0.717, 1.165) is 36.0 Å². The monoisotopic (exact) mass is 264 g/mol. The Morgan fingerprint density at radius 3 is 3.12 bits per heavy atom. The average Bonchev–Trinajstić information content (AvgIpc) is 2.91. The van der Waals surface area contributed by atoms with Crippen molar-refractivity contribution in [2.45, 2.75) is 13.0 Å². The van der Waals surface area contributed by atoms with E-state index in [1.165, 1.54) is 11.3 Å². The first-order valence-corrected chi connectivity index (χ1v) is 6.49. The van der Waals surface area contributed by atoms with Crippen LogP contribution in [0.15, 0.2) is 12.1 Å². The molecule has 0 aromatic carbocycles. The third-order valence-corrected chi connectivity index (χ3v) is 3.96. The fourth-order valence-electron chi connectivity index (χ4n) is 1.97. The van der Waals surface area contributed by atoms with Gasteiger partial charge in [0.15, 0.2) is 5.69 Å². The first-order chi connectivity index (χ1) is 8.29. The zero-order chi connectivity index (χ0) is 11.8. The average molecular weight is 265 g/mol. The second-order valence-electron chi connectivity index (χ2n) is 3.78. The molecule has 2 aromatic heterocycles. The summed E-state index contributed by atoms with van der Waals surface area (Å²) in [6.45, 7) is 1.75. The van der Waals surface area contributed by atoms with Gasteiger partial charge in [-0.1, -0.05) is 11.6 Å². The molecule has 3 rings (SSSR count). The molecule has 2 aromatic rings. The van der Waals surface area contributed by atoms with E-state index in [4.69, 9.17) is 11.6 Å². The van der Waals surface area contributed by atoms with E-state index in [1.807, 2.05) is 16.7 Å². The van der Waals surface area contributed by atoms with Crippen LogP contribution in [0.1, 0.15) is 12.1 Å². The Bertz CT molecular complexity index is 608. The number of halogens is 1. The molecular weight excluding hydrogens is 256 g/mol. The predicted octanol–water partition coefficient (Wildman–Crippen LogP) is 2.95. The highest BCUT2D eigenvalue weighted by Crippen LogP contribution is 2.34. The smallest absolute Gasteiger partial charge is 0.204 e. The Hall–Kier alpha value is -1.51. The summed E-state index contributed by atoms with van der Waals surface area (Å²) < 4.78 is 2.65. The van der Waals surface area contributed by atoms with Crippen molar-refractivity contribution in [1.82, 2.24) is 9.55 Å². The van der Waals surface area contributed by atoms with Gasteiger partial charge in [0.25, 0.3) is 0 Å². The Labute approximate surface area is 107 Å². The molecule has 17 heavy (non-hydrogen) atoms. The van der Waals surface area contributed by atoms with Crippen molar-refractivity contribution in [3.05, 3.63) is 22.2 Å². The van der Waals surface area contributed by atoms with Crippen molar-refractivity contribution in [2.24, 2.45) is 0 Å². The molecule has 0 saturated carbocycles. The molecule has 86 valence electrons. The highest BCUT2D eigenvalue weighted by Gasteiger charge is 2.21. The van der Waals surface area contributed by atoms with Crippen molar-refractivity contribution < 1.29 is 0 Å². The van der Waals surface area contributed by atoms with E-state index >= 15 is 0 Å². The summed E-state index contributed by atoms with van der Waals surface area (Å²) in [6, 6.07) is 5.97. The van der Waals surface area contributed by atoms with Crippen LogP contribution in [0.3, 0.4) is 0 Å². The molecule has 1 N–H and O–H groups in total. The molecule has 0 unspecified atom stereocenters. The summed E-state index contributed by atoms with van der Waals surface area (Å²) in [6.07, 6.45) is 1.02. The number of nitrogens with zero attached hydrogens (tertiary/aromatic N) is 3. The third kappa shape index (κ3) is 1.70. The SMILES string of the molecule is N#Cc1c(-c2ccc(Cl)s2)nc2n1CCCN2. The zero-order valence-corrected chi connectivity index (χ0v) is 10.5. The highest BCUT2D eigenvalue weighted by molar-refractivity contribution is 7.19. The summed E-state index contributed by atoms with van der Waals surface area (Å²) >= 11 is 7.36. The topological polar surface area (TPSA) is 53.6 Å². The summed E-state index contributed by atoms with van der Waals surface area (Å²) in [5.41, 5.74) is 1.35. The van der Waals surface area contributed by atoms with Crippen molar-refractivity contribution in [1.29, 1.82) is 5.26 Å². The molecule has 0 aliphatic carbocycles. The van der Waals surface area contributed by atoms with Gasteiger partial charge in [-0.3, -0.25) is 0 Å². The Morgan fingerprint density at radius 1 is 1.53 bits per heavy atom. The van der Waals surface area contributed by atoms with Crippen LogP contribution in [0.25, 0.3) is 10.6 Å². The molecule has 1 aliphatic rings. The van der Waals surface area contributed by atoms with Gasteiger partial charge in [-0.2, -0.15) is 5.26 Å². The molecule has 1 aliphatic heterocycles. The maximum absolute atomic E-state index is 9.26. The van der Waals surface area contributed by atoms with Crippen molar-refractivity contribution in [3.63, 3.8) is 0 Å². The largest absolute Gasteiger partial charge is 0.356 e. The third-order valence-electron chi connectivity index (χ3n) is 2.72. The van der Waals surface area contributed by atoms with Gasteiger partial charge in [0, 0.05) is 13.1 Å². The fraction of sp³-hybridized carbons (Fsp3) is 0.273. The van der Waals surface area contributed by atoms with Gasteiger partial charge in [-0.05, 0) is 18.6 Å². The van der Waals surface area contributed by atoms with Gasteiger partial charge in [0.2, 0.25) is 5.95 Å². The number of nitrogens with one attached hydrogen (secondary N) is 1. The molecule has 3 heterocycles. The van der Waals surface area contributed by atoms with Gasteiger partial charge < -0.3 is 9.88 Å². The molecule has 0 amide bonds. The van der Waals surface area contributed by atoms with Crippen LogP contribution in [0.4, 0.5) is 5.95 Å². The molecule has 6 heteroatoms. The highest BCUT2D eigenvalue weighted by atomic mass is 35.5. The number of hydrogen-bond acceptors (Lipinski definition) is 4. The van der Waals surface area contributed by atoms with E-state index in [0.29, 0.717) is 10.0 Å². The van der Waals surface area contributed by atoms with Crippen LogP contribution >= 0.6 is 22.9 Å². The zero-order valence-electron chi connectivity index (χ0n) is 8.90. The van der Waals surface area contributed by atoms with E-state index in [9.17, 15) is 5.26 Å². The van der Waals surface area contributed by atoms with Crippen LogP contribution in [-0.2, 0) is 6.54 Å². The van der Waals surface area contributed by atoms with Crippen LogP contribution in [-0.4, -0.2) is 16.1 Å². The summed E-state index contributed by atoms with van der Waals surface area (Å²) in [4.78, 5) is 5.43. The molecule has 0 atom stereocenters. The molecule has 4 nitrogen and oxygen atoms in total. The van der Waals surface area contributed by atoms with Gasteiger partial charge in [0.1, 0.15) is 11.8 Å². The van der Waals surface area contributed by atoms with Crippen LogP contribution in [0.5, 0.6) is 0 Å². The van der Waals surface area contributed by atoms with E-state index in [-0.39, 0.29) is 0 Å². The Balaban J connectivity index is 2.17. The maximum atomic E-state index is 9.26. The lowest BCUT2D eigenvalue weighted by Crippen LogP contribution is -2.18. The lowest BCUT2D eigenvalue weighted by molar-refractivity contribution is 0.622. The van der Waals surface area contributed by atoms with Crippen LogP contribution in [0, 0.1) is 11.3 Å². The van der Waals surface area contributed by atoms with Crippen LogP contribution < -0.4 is 5.32 Å². The standard InChI is InChI=1S/C11H9ClN4S/c12-9-3-2-8(17-9)10-7(6-13)16-5-1-4-14-11(16)15-10/h2-3H,1,4-5H2,(H,14,15). The first-order valence-electron chi connectivity index (χ1n) is 5.30. The first kappa shape index (κ1) is 10.6. The lowest BCUT2D eigenvalue weighted by Gasteiger charge is -2.15. The van der Waals surface area contributed by atoms with Crippen LogP contribution in [0.2, 0.25) is 4.34 Å². The minimum atomic E-state index is 0.616. The second-order valence-corrected chi connectivity index (χ2v) is 5.50. The summed E-state index contributed by atoms with van der Waals surface area (Å²) in [7, 11) is 0. The van der Waals surface area contributed by atoms with E-state index in [1.54, 1.807) is 0 Å². The minimum Gasteiger partial charge on any atom is -0.356 e. The van der Waals surface area contributed by atoms with Gasteiger partial charge in [-0.15, -0.1) is 11.3 Å². The normalized spacial score (nSPS) is 13.9. The number of nitriles is 1. The number of hydrogen-bond donors (Lipinski definition) is 1. The number of aromatic nitrogens is 2. The van der Waals surface area contributed by atoms with Gasteiger partial charge in [-0.25, -0.2) is 4.98 Å². The molecule has 0 bridgehead atoms. The summed E-state index contributed by atoms with van der Waals surface area (Å²) in [5, 5.41) is 12.5. The van der Waals surface area contributed by atoms with Crippen molar-refractivity contribution >= 4 is 28.9 Å². The van der Waals surface area contributed by atoms with Gasteiger partial charge in [0.05, 0.1) is 9.21 Å². The molecular formula is C11H9ClN4S. The number of rotatable bonds is 1. The molecule has 0 radical (unpaired) electrons. The molecule has 0 fully saturated rings. The Kier molecular flexibility index (Phi) is 2.54. The van der Waals surface area contributed by atoms with E-state index < -0.39 is 0 Å². The number of fused-ring (bicyclic) bond motifs is 1. The number of thiophene rings is 1. The fourth-order valence-corrected chi connectivity index (χ4v) is 3.00. The lowest BCUT2D eigenvalue weighted by atomic mass is 10.3. The molecule has 0 saturated heterocycles. The summed E-state index contributed by atoms with van der Waals surface area (Å²) in [5.74, 6) is 0.785. The predicted molar refractivity (Wildman–Crippen MR) is 68.4 cm³/mol. The Morgan fingerprint density at radius 2 is 2.41 bits per heavy atom. The van der Waals surface area contributed by atoms with Crippen molar-refractivity contribution in [3.8, 4) is 16.6 Å². The minimum absolute atomic E-state index is 0.616. The van der Waals surface area contributed by atoms with E-state index in [2.05, 4.69) is 16.4 Å². The van der Waals surface area contributed by atoms with Gasteiger partial charge >= 0.3 is 0 Å². The quantitative estimate of drug-likeness (QED) is 0.862. The number of anilines is 1.